The van der Waals surface area contributed by atoms with Gasteiger partial charge in [0.1, 0.15) is 12.1 Å². The summed E-state index contributed by atoms with van der Waals surface area (Å²) in [6.45, 7) is 4.26. The molecule has 0 aromatic carbocycles. The van der Waals surface area contributed by atoms with E-state index in [1.807, 2.05) is 0 Å². The normalized spacial score (nSPS) is 26.4. The van der Waals surface area contributed by atoms with Crippen LogP contribution in [0.25, 0.3) is 0 Å². The number of aliphatic carboxylic acids is 1. The number of esters is 1. The molecule has 0 spiro atoms. The molecule has 2 rings (SSSR count). The van der Waals surface area contributed by atoms with Crippen LogP contribution < -0.4 is 11.1 Å². The Morgan fingerprint density at radius 3 is 2.61 bits per heavy atom. The topological polar surface area (TPSA) is 122 Å². The van der Waals surface area contributed by atoms with Crippen molar-refractivity contribution < 1.29 is 24.2 Å². The Morgan fingerprint density at radius 2 is 1.96 bits per heavy atom. The standard InChI is InChI=1S/C20H35N3O5/c1-3-28-20(27)15(9-6-7-11-21)22-13(2)18(24)23-16-10-5-4-8-14(16)12-17(23)19(25)26/h13-17,22H,3-12,21H2,1-2H3,(H,25,26)/t13-,14?,15-,16?,17-/m0/s1. The van der Waals surface area contributed by atoms with Crippen LogP contribution in [0.15, 0.2) is 0 Å². The van der Waals surface area contributed by atoms with Crippen molar-refractivity contribution in [1.82, 2.24) is 10.2 Å². The smallest absolute Gasteiger partial charge is 0.326 e. The van der Waals surface area contributed by atoms with Crippen LogP contribution in [0.1, 0.15) is 65.2 Å². The molecule has 0 aromatic rings. The number of hydrogen-bond acceptors (Lipinski definition) is 6. The molecule has 8 heteroatoms. The first-order valence-electron chi connectivity index (χ1n) is 10.6. The molecule has 28 heavy (non-hydrogen) atoms. The molecule has 160 valence electrons. The number of unbranched alkanes of at least 4 members (excludes halogenated alkanes) is 1. The van der Waals surface area contributed by atoms with Gasteiger partial charge in [-0.2, -0.15) is 0 Å². The van der Waals surface area contributed by atoms with E-state index in [9.17, 15) is 19.5 Å². The van der Waals surface area contributed by atoms with Gasteiger partial charge in [0.25, 0.3) is 0 Å². The van der Waals surface area contributed by atoms with Gasteiger partial charge in [0.15, 0.2) is 0 Å². The lowest BCUT2D eigenvalue weighted by molar-refractivity contribution is -0.152. The lowest BCUT2D eigenvalue weighted by atomic mass is 9.84. The molecule has 1 aliphatic heterocycles. The van der Waals surface area contributed by atoms with Crippen LogP contribution >= 0.6 is 0 Å². The number of nitrogens with zero attached hydrogens (tertiary/aromatic N) is 1. The first-order valence-corrected chi connectivity index (χ1v) is 10.6. The number of fused-ring (bicyclic) bond motifs is 1. The Kier molecular flexibility index (Phi) is 8.69. The summed E-state index contributed by atoms with van der Waals surface area (Å²) in [5.41, 5.74) is 5.53. The fourth-order valence-corrected chi connectivity index (χ4v) is 4.60. The molecule has 0 radical (unpaired) electrons. The second-order valence-electron chi connectivity index (χ2n) is 7.92. The Labute approximate surface area is 167 Å². The minimum absolute atomic E-state index is 0.00937. The van der Waals surface area contributed by atoms with Crippen molar-refractivity contribution in [3.8, 4) is 0 Å². The van der Waals surface area contributed by atoms with Gasteiger partial charge in [-0.05, 0) is 58.4 Å². The van der Waals surface area contributed by atoms with Crippen LogP contribution in [0.3, 0.4) is 0 Å². The van der Waals surface area contributed by atoms with Crippen molar-refractivity contribution in [2.24, 2.45) is 11.7 Å². The quantitative estimate of drug-likeness (QED) is 0.375. The van der Waals surface area contributed by atoms with E-state index >= 15 is 0 Å². The van der Waals surface area contributed by atoms with E-state index in [0.717, 1.165) is 38.5 Å². The van der Waals surface area contributed by atoms with Crippen molar-refractivity contribution in [3.05, 3.63) is 0 Å². The molecular weight excluding hydrogens is 362 g/mol. The number of nitrogens with two attached hydrogens (primary N) is 1. The SMILES string of the molecule is CCOC(=O)[C@H](CCCCN)N[C@@H](C)C(=O)N1C2CCCCC2C[C@H]1C(=O)O. The molecule has 8 nitrogen and oxygen atoms in total. The summed E-state index contributed by atoms with van der Waals surface area (Å²) < 4.78 is 5.13. The predicted octanol–water partition coefficient (Wildman–Crippen LogP) is 1.27. The molecule has 5 atom stereocenters. The molecule has 4 N–H and O–H groups in total. The number of likely N-dealkylation sites (tertiary alicyclic amines) is 1. The third kappa shape index (κ3) is 5.44. The monoisotopic (exact) mass is 397 g/mol. The van der Waals surface area contributed by atoms with Crippen molar-refractivity contribution in [2.75, 3.05) is 13.2 Å². The van der Waals surface area contributed by atoms with E-state index < -0.39 is 24.1 Å². The fraction of sp³-hybridized carbons (Fsp3) is 0.850. The average Bonchev–Trinajstić information content (AvgIpc) is 3.06. The maximum Gasteiger partial charge on any atom is 0.326 e. The summed E-state index contributed by atoms with van der Waals surface area (Å²) >= 11 is 0. The minimum atomic E-state index is -0.945. The van der Waals surface area contributed by atoms with E-state index in [0.29, 0.717) is 19.4 Å². The summed E-state index contributed by atoms with van der Waals surface area (Å²) in [7, 11) is 0. The summed E-state index contributed by atoms with van der Waals surface area (Å²) in [4.78, 5) is 38.8. The second-order valence-corrected chi connectivity index (χ2v) is 7.92. The summed E-state index contributed by atoms with van der Waals surface area (Å²) in [6, 6.07) is -2.04. The Hall–Kier alpha value is -1.67. The van der Waals surface area contributed by atoms with Crippen LogP contribution in [0.2, 0.25) is 0 Å². The van der Waals surface area contributed by atoms with E-state index in [1.54, 1.807) is 18.7 Å². The van der Waals surface area contributed by atoms with Gasteiger partial charge < -0.3 is 20.5 Å². The molecule has 1 heterocycles. The highest BCUT2D eigenvalue weighted by Gasteiger charge is 2.48. The number of amides is 1. The highest BCUT2D eigenvalue weighted by molar-refractivity contribution is 5.88. The summed E-state index contributed by atoms with van der Waals surface area (Å²) in [6.07, 6.45) is 6.53. The molecular formula is C20H35N3O5. The zero-order chi connectivity index (χ0) is 20.7. The van der Waals surface area contributed by atoms with Gasteiger partial charge in [-0.1, -0.05) is 19.3 Å². The lowest BCUT2D eigenvalue weighted by Crippen LogP contribution is -2.55. The zero-order valence-electron chi connectivity index (χ0n) is 17.1. The number of carboxylic acids is 1. The summed E-state index contributed by atoms with van der Waals surface area (Å²) in [5, 5.41) is 12.7. The van der Waals surface area contributed by atoms with Crippen LogP contribution in [0, 0.1) is 5.92 Å². The Bertz CT molecular complexity index is 556. The van der Waals surface area contributed by atoms with Crippen molar-refractivity contribution in [3.63, 3.8) is 0 Å². The number of hydrogen-bond donors (Lipinski definition) is 3. The molecule has 1 saturated heterocycles. The van der Waals surface area contributed by atoms with Gasteiger partial charge >= 0.3 is 11.9 Å². The van der Waals surface area contributed by atoms with Crippen molar-refractivity contribution in [1.29, 1.82) is 0 Å². The van der Waals surface area contributed by atoms with Crippen LogP contribution in [-0.4, -0.2) is 65.2 Å². The Morgan fingerprint density at radius 1 is 1.25 bits per heavy atom. The maximum absolute atomic E-state index is 13.2. The van der Waals surface area contributed by atoms with Crippen molar-refractivity contribution in [2.45, 2.75) is 89.4 Å². The van der Waals surface area contributed by atoms with E-state index in [4.69, 9.17) is 10.5 Å². The molecule has 1 amide bonds. The summed E-state index contributed by atoms with van der Waals surface area (Å²) in [5.74, 6) is -1.31. The number of carbonyl (C=O) groups is 3. The first-order chi connectivity index (χ1) is 13.4. The largest absolute Gasteiger partial charge is 0.480 e. The number of ether oxygens (including phenoxy) is 1. The third-order valence-electron chi connectivity index (χ3n) is 5.97. The van der Waals surface area contributed by atoms with Gasteiger partial charge in [-0.15, -0.1) is 0 Å². The molecule has 0 bridgehead atoms. The van der Waals surface area contributed by atoms with E-state index in [2.05, 4.69) is 5.32 Å². The highest BCUT2D eigenvalue weighted by atomic mass is 16.5. The molecule has 1 aliphatic carbocycles. The number of rotatable bonds is 10. The predicted molar refractivity (Wildman–Crippen MR) is 105 cm³/mol. The molecule has 2 aliphatic rings. The first kappa shape index (κ1) is 22.6. The van der Waals surface area contributed by atoms with Crippen LogP contribution in [-0.2, 0) is 19.1 Å². The molecule has 0 aromatic heterocycles. The zero-order valence-corrected chi connectivity index (χ0v) is 17.1. The Balaban J connectivity index is 2.08. The van der Waals surface area contributed by atoms with Gasteiger partial charge in [-0.3, -0.25) is 14.9 Å². The van der Waals surface area contributed by atoms with Gasteiger partial charge in [0, 0.05) is 6.04 Å². The number of nitrogens with one attached hydrogen (secondary N) is 1. The highest BCUT2D eigenvalue weighted by Crippen LogP contribution is 2.40. The van der Waals surface area contributed by atoms with Crippen LogP contribution in [0.5, 0.6) is 0 Å². The van der Waals surface area contributed by atoms with E-state index in [1.165, 1.54) is 0 Å². The van der Waals surface area contributed by atoms with Crippen LogP contribution in [0.4, 0.5) is 0 Å². The number of carbonyl (C=O) groups excluding carboxylic acids is 2. The molecule has 1 saturated carbocycles. The minimum Gasteiger partial charge on any atom is -0.480 e. The van der Waals surface area contributed by atoms with E-state index in [-0.39, 0.29) is 30.4 Å². The average molecular weight is 398 g/mol. The van der Waals surface area contributed by atoms with Gasteiger partial charge in [-0.25, -0.2) is 4.79 Å². The van der Waals surface area contributed by atoms with Gasteiger partial charge in [0.05, 0.1) is 12.6 Å². The maximum atomic E-state index is 13.2. The van der Waals surface area contributed by atoms with Crippen molar-refractivity contribution >= 4 is 17.8 Å². The lowest BCUT2D eigenvalue weighted by Gasteiger charge is -2.35. The molecule has 2 unspecified atom stereocenters. The third-order valence-corrected chi connectivity index (χ3v) is 5.97. The fourth-order valence-electron chi connectivity index (χ4n) is 4.60. The molecule has 2 fully saturated rings. The van der Waals surface area contributed by atoms with Gasteiger partial charge in [0.2, 0.25) is 5.91 Å². The number of carboxylic acid groups (broad SMARTS) is 1. The second kappa shape index (κ2) is 10.8.